The van der Waals surface area contributed by atoms with Crippen molar-refractivity contribution in [2.24, 2.45) is 0 Å². The van der Waals surface area contributed by atoms with Crippen LogP contribution in [0.5, 0.6) is 17.2 Å². The number of aryl methyl sites for hydroxylation is 4. The van der Waals surface area contributed by atoms with Crippen molar-refractivity contribution < 1.29 is 14.2 Å². The van der Waals surface area contributed by atoms with Gasteiger partial charge in [-0.1, -0.05) is 125 Å². The summed E-state index contributed by atoms with van der Waals surface area (Å²) < 4.78 is 28.6. The fourth-order valence-electron chi connectivity index (χ4n) is 17.4. The number of rotatable bonds is 18. The lowest BCUT2D eigenvalue weighted by atomic mass is 9.96. The van der Waals surface area contributed by atoms with Gasteiger partial charge in [-0.25, -0.2) is 62.0 Å². The molecule has 0 fully saturated rings. The number of halogens is 1. The molecule has 0 aliphatic rings. The van der Waals surface area contributed by atoms with Crippen LogP contribution in [0.25, 0.3) is 112 Å². The van der Waals surface area contributed by atoms with E-state index < -0.39 is 0 Å². The molecule has 38 nitrogen and oxygen atoms in total. The van der Waals surface area contributed by atoms with E-state index in [-0.39, 0.29) is 74.4 Å². The minimum Gasteiger partial charge on any atom is -0.497 e. The van der Waals surface area contributed by atoms with E-state index in [0.717, 1.165) is 71.2 Å². The second-order valence-corrected chi connectivity index (χ2v) is 40.0. The largest absolute Gasteiger partial charge is 0.497 e. The van der Waals surface area contributed by atoms with Gasteiger partial charge in [0.05, 0.1) is 99.7 Å². The Kier molecular flexibility index (Phi) is 30.9. The van der Waals surface area contributed by atoms with Gasteiger partial charge in [-0.3, -0.25) is 68.7 Å². The Morgan fingerprint density at radius 3 is 1.01 bits per heavy atom. The number of thiazole rings is 1. The smallest absolute Gasteiger partial charge is 0.276 e. The highest BCUT2D eigenvalue weighted by molar-refractivity contribution is 7.18. The third kappa shape index (κ3) is 20.8. The van der Waals surface area contributed by atoms with Crippen molar-refractivity contribution in [1.29, 1.82) is 31.6 Å². The predicted molar refractivity (Wildman–Crippen MR) is 574 cm³/mol. The molecule has 15 aromatic heterocycles. The van der Waals surface area contributed by atoms with Crippen LogP contribution < -0.4 is 47.6 Å². The predicted octanol–water partition coefficient (Wildman–Crippen LogP) is 19.2. The van der Waals surface area contributed by atoms with Crippen LogP contribution in [0, 0.1) is 95.7 Å². The molecule has 760 valence electrons. The Labute approximate surface area is 868 Å². The molecular formula is C110H108ClN29O9S. The minimum atomic E-state index is -0.221. The number of benzene rings is 5. The number of nitriles is 6. The molecule has 0 unspecified atom stereocenters. The molecule has 0 amide bonds. The van der Waals surface area contributed by atoms with Crippen molar-refractivity contribution in [2.75, 3.05) is 20.8 Å². The summed E-state index contributed by atoms with van der Waals surface area (Å²) in [5.41, 5.74) is 20.0. The Morgan fingerprint density at radius 2 is 0.693 bits per heavy atom. The molecule has 20 rings (SSSR count). The van der Waals surface area contributed by atoms with Gasteiger partial charge in [0.1, 0.15) is 87.0 Å². The van der Waals surface area contributed by atoms with Crippen LogP contribution in [0.4, 0.5) is 0 Å². The number of hydrogen-bond acceptors (Lipinski definition) is 25. The van der Waals surface area contributed by atoms with Crippen LogP contribution >= 0.6 is 22.9 Å². The van der Waals surface area contributed by atoms with Gasteiger partial charge >= 0.3 is 0 Å². The van der Waals surface area contributed by atoms with Crippen LogP contribution in [0.3, 0.4) is 0 Å². The Morgan fingerprint density at radius 1 is 0.373 bits per heavy atom. The molecule has 40 heteroatoms. The minimum absolute atomic E-state index is 0.00592. The summed E-state index contributed by atoms with van der Waals surface area (Å²) in [5, 5.41) is 82.6. The molecule has 0 saturated heterocycles. The SMILES string of the molecule is CC(C)c1c(-c2cnn(C(C)(C)C)c2)nc2c(C#N)c[nH]n2c1=O.CCOc1ccc(-c2nc3c(C#N)c[nH]n3c(=O)c2C(C)C)cc1Cl.COc1ccc(-c2nc3c(C#N)c[nH]n3c(=O)c2C(C)C)cc1C.COc1ccc(Cn2cc(-c3nc4c(C#N)c[nH]n4c(=O)c3C(C)C)cn2)cc1.Cc1ccc(-c2nc3c(C#N)c[nH]n3c(=O)c2C(C)C)cc1C.Cc1nc2cc(-c3nc4c(C#N)c[nH]n4c(=O)c3C(C)C)ccc2s1. The molecule has 0 bridgehead atoms. The second-order valence-electron chi connectivity index (χ2n) is 38.3. The lowest BCUT2D eigenvalue weighted by Crippen LogP contribution is -2.23. The molecule has 20 aromatic rings. The zero-order valence-electron chi connectivity index (χ0n) is 86.6. The van der Waals surface area contributed by atoms with Crippen molar-refractivity contribution in [3.63, 3.8) is 0 Å². The van der Waals surface area contributed by atoms with Crippen molar-refractivity contribution in [2.45, 2.75) is 186 Å². The fraction of sp³-hybridized carbons (Fsp3) is 0.282. The quantitative estimate of drug-likeness (QED) is 0.0464. The summed E-state index contributed by atoms with van der Waals surface area (Å²) in [6, 6.07) is 43.1. The third-order valence-electron chi connectivity index (χ3n) is 25.0. The standard InChI is InChI=1S/C21H20N6O2.C18H17ClN4O2.C18H15N5OS.C18H18N4O2.C18H18N4O.C17H20N6O/c1-13(2)18-19(25-20-15(8-22)9-24-27(20)21(18)28)16-10-23-26(12-16)11-14-4-6-17(29-3)7-5-14;1-4-25-14-6-5-11(7-13(14)19)16-15(10(2)3)18(24)23-17(22-16)12(8-20)9-21-23;1-9(2)15-16(11-4-5-14-13(6-11)21-10(3)25-14)22-17-12(7-19)8-20-23(17)18(15)24;1-10(2)15-16(12-5-6-14(24-4)11(3)7-12)21-17-13(8-19)9-20-22(17)18(15)23;1-10(2)15-16(13-6-5-11(3)12(4)7-13)21-17-14(8-19)9-20-22(17)18(15)23;1-10(2)13-14(12-8-19-22(9-12)17(3,4)5)21-15-11(6-18)7-20-23(15)16(13)24/h4-7,9-10,12-13,24H,11H2,1-3H3;5-7,9-10,21H,4H2,1-3H3;4-6,8-9,20H,1-3H3;5-7,9-10,20H,1-4H3;5-7,9-10,20H,1-4H3;7-10,20H,1-5H3. The normalized spacial score (nSPS) is 11.3. The van der Waals surface area contributed by atoms with Gasteiger partial charge in [0.2, 0.25) is 0 Å². The highest BCUT2D eigenvalue weighted by atomic mass is 35.5. The number of aromatic amines is 6. The van der Waals surface area contributed by atoms with E-state index in [1.54, 1.807) is 54.8 Å². The van der Waals surface area contributed by atoms with Crippen molar-refractivity contribution >= 4 is 67.0 Å². The van der Waals surface area contributed by atoms with Crippen molar-refractivity contribution in [3.8, 4) is 121 Å². The average molecular weight is 2050 g/mol. The number of methoxy groups -OCH3 is 2. The lowest BCUT2D eigenvalue weighted by molar-refractivity contribution is 0.340. The number of H-pyrrole nitrogens is 6. The van der Waals surface area contributed by atoms with Gasteiger partial charge in [0.15, 0.2) is 33.9 Å². The van der Waals surface area contributed by atoms with Crippen molar-refractivity contribution in [3.05, 3.63) is 320 Å². The van der Waals surface area contributed by atoms with Crippen LogP contribution in [0.2, 0.25) is 5.02 Å². The van der Waals surface area contributed by atoms with Crippen molar-refractivity contribution in [1.82, 2.24) is 112 Å². The molecule has 0 spiro atoms. The zero-order valence-corrected chi connectivity index (χ0v) is 88.2. The topological polar surface area (TPSA) is 520 Å². The monoisotopic (exact) mass is 2050 g/mol. The highest BCUT2D eigenvalue weighted by Gasteiger charge is 2.30. The van der Waals surface area contributed by atoms with Gasteiger partial charge < -0.3 is 14.2 Å². The van der Waals surface area contributed by atoms with Gasteiger partial charge in [0, 0.05) is 116 Å². The van der Waals surface area contributed by atoms with E-state index in [2.05, 4.69) is 127 Å². The lowest BCUT2D eigenvalue weighted by Gasteiger charge is -2.18. The number of nitrogens with zero attached hydrogens (tertiary/aromatic N) is 23. The molecule has 15 heterocycles. The maximum absolute atomic E-state index is 13.0. The summed E-state index contributed by atoms with van der Waals surface area (Å²) in [6.45, 7) is 40.6. The summed E-state index contributed by atoms with van der Waals surface area (Å²) >= 11 is 7.93. The van der Waals surface area contributed by atoms with E-state index in [0.29, 0.717) is 164 Å². The molecule has 0 radical (unpaired) electrons. The summed E-state index contributed by atoms with van der Waals surface area (Å²) in [5.74, 6) is 2.07. The molecule has 0 aliphatic carbocycles. The number of ether oxygens (including phenoxy) is 3. The van der Waals surface area contributed by atoms with E-state index >= 15 is 0 Å². The third-order valence-corrected chi connectivity index (χ3v) is 26.3. The van der Waals surface area contributed by atoms with Gasteiger partial charge in [-0.15, -0.1) is 11.3 Å². The number of aromatic nitrogens is 23. The van der Waals surface area contributed by atoms with E-state index in [1.807, 2.05) is 226 Å². The molecule has 0 aliphatic heterocycles. The highest BCUT2D eigenvalue weighted by Crippen LogP contribution is 2.38. The molecule has 0 atom stereocenters. The molecule has 5 aromatic carbocycles. The number of nitrogens with one attached hydrogen (secondary N) is 6. The van der Waals surface area contributed by atoms with E-state index in [9.17, 15) is 60.3 Å². The summed E-state index contributed by atoms with van der Waals surface area (Å²) in [7, 11) is 3.26. The fourth-order valence-corrected chi connectivity index (χ4v) is 18.5. The average Bonchev–Trinajstić information content (AvgIpc) is 1.45. The second kappa shape index (κ2) is 43.8. The first-order chi connectivity index (χ1) is 71.6. The van der Waals surface area contributed by atoms with Crippen LogP contribution in [0.15, 0.2) is 188 Å². The number of hydrogen-bond donors (Lipinski definition) is 6. The van der Waals surface area contributed by atoms with Crippen LogP contribution in [-0.4, -0.2) is 133 Å². The van der Waals surface area contributed by atoms with Gasteiger partial charge in [0.25, 0.3) is 33.4 Å². The maximum atomic E-state index is 13.0. The first-order valence-corrected chi connectivity index (χ1v) is 49.3. The molecule has 0 saturated carbocycles. The molecule has 6 N–H and O–H groups in total. The van der Waals surface area contributed by atoms with Gasteiger partial charge in [-0.05, 0) is 180 Å². The Bertz CT molecular complexity index is 9320. The maximum Gasteiger partial charge on any atom is 0.276 e. The first-order valence-electron chi connectivity index (χ1n) is 48.1. The Balaban J connectivity index is 0.000000135. The van der Waals surface area contributed by atoms with E-state index in [4.69, 9.17) is 25.8 Å². The summed E-state index contributed by atoms with van der Waals surface area (Å²) in [4.78, 5) is 110. The first kappa shape index (κ1) is 106. The molecular weight excluding hydrogens is 1940 g/mol. The van der Waals surface area contributed by atoms with Crippen LogP contribution in [-0.2, 0) is 12.1 Å². The van der Waals surface area contributed by atoms with E-state index in [1.165, 1.54) is 69.8 Å². The van der Waals surface area contributed by atoms with Crippen LogP contribution in [0.1, 0.15) is 240 Å². The van der Waals surface area contributed by atoms with Gasteiger partial charge in [-0.2, -0.15) is 41.8 Å². The number of fused-ring (bicyclic) bond motifs is 7. The Hall–Kier alpha value is -18.4. The zero-order chi connectivity index (χ0) is 108. The molecule has 150 heavy (non-hydrogen) atoms. The summed E-state index contributed by atoms with van der Waals surface area (Å²) in [6.07, 6.45) is 16.2.